The van der Waals surface area contributed by atoms with Crippen molar-refractivity contribution in [1.82, 2.24) is 4.90 Å². The Morgan fingerprint density at radius 2 is 1.80 bits per heavy atom. The van der Waals surface area contributed by atoms with E-state index in [1.165, 1.54) is 0 Å². The van der Waals surface area contributed by atoms with Crippen molar-refractivity contribution in [3.8, 4) is 0 Å². The molecule has 2 heteroatoms. The molecule has 0 bridgehead atoms. The molecule has 0 saturated heterocycles. The molecule has 0 aliphatic carbocycles. The van der Waals surface area contributed by atoms with Crippen LogP contribution in [0.4, 0.5) is 0 Å². The summed E-state index contributed by atoms with van der Waals surface area (Å²) < 4.78 is 0. The lowest BCUT2D eigenvalue weighted by atomic mass is 10.1. The van der Waals surface area contributed by atoms with Gasteiger partial charge < -0.3 is 4.90 Å². The number of carbonyl (C=O) groups excluding carboxylic acids is 1. The van der Waals surface area contributed by atoms with Gasteiger partial charge >= 0.3 is 0 Å². The molecule has 0 rings (SSSR count). The third kappa shape index (κ3) is 7.40. The maximum Gasteiger partial charge on any atom is 0.222 e. The maximum atomic E-state index is 11.9. The van der Waals surface area contributed by atoms with Gasteiger partial charge in [-0.3, -0.25) is 4.79 Å². The van der Waals surface area contributed by atoms with Crippen LogP contribution in [0.25, 0.3) is 0 Å². The Morgan fingerprint density at radius 1 is 1.13 bits per heavy atom. The smallest absolute Gasteiger partial charge is 0.222 e. The van der Waals surface area contributed by atoms with Crippen LogP contribution in [0.1, 0.15) is 59.8 Å². The fourth-order valence-corrected chi connectivity index (χ4v) is 1.55. The van der Waals surface area contributed by atoms with E-state index in [-0.39, 0.29) is 0 Å². The Kier molecular flexibility index (Phi) is 8.44. The van der Waals surface area contributed by atoms with Gasteiger partial charge in [-0.05, 0) is 25.2 Å². The molecule has 0 heterocycles. The maximum absolute atomic E-state index is 11.9. The largest absolute Gasteiger partial charge is 0.343 e. The molecule has 0 atom stereocenters. The zero-order chi connectivity index (χ0) is 11.7. The van der Waals surface area contributed by atoms with Gasteiger partial charge in [0.1, 0.15) is 0 Å². The van der Waals surface area contributed by atoms with Crippen molar-refractivity contribution in [2.45, 2.75) is 59.8 Å². The van der Waals surface area contributed by atoms with Crippen LogP contribution in [-0.4, -0.2) is 23.9 Å². The lowest BCUT2D eigenvalue weighted by Crippen LogP contribution is -2.32. The molecule has 0 saturated carbocycles. The average Bonchev–Trinajstić information content (AvgIpc) is 2.20. The number of hydrogen-bond donors (Lipinski definition) is 0. The second-order valence-electron chi connectivity index (χ2n) is 4.67. The fourth-order valence-electron chi connectivity index (χ4n) is 1.55. The van der Waals surface area contributed by atoms with Gasteiger partial charge in [0.2, 0.25) is 5.91 Å². The minimum atomic E-state index is 0.346. The summed E-state index contributed by atoms with van der Waals surface area (Å²) in [6.45, 7) is 10.5. The molecule has 0 aliphatic heterocycles. The van der Waals surface area contributed by atoms with Crippen LogP contribution in [0.3, 0.4) is 0 Å². The minimum absolute atomic E-state index is 0.346. The quantitative estimate of drug-likeness (QED) is 0.604. The molecule has 15 heavy (non-hydrogen) atoms. The second kappa shape index (κ2) is 8.75. The summed E-state index contributed by atoms with van der Waals surface area (Å²) >= 11 is 0. The molecule has 0 spiro atoms. The van der Waals surface area contributed by atoms with Gasteiger partial charge in [0.15, 0.2) is 0 Å². The zero-order valence-corrected chi connectivity index (χ0v) is 10.9. The summed E-state index contributed by atoms with van der Waals surface area (Å²) in [5.41, 5.74) is 0. The molecule has 0 unspecified atom stereocenters. The van der Waals surface area contributed by atoms with Gasteiger partial charge in [-0.25, -0.2) is 0 Å². The van der Waals surface area contributed by atoms with Crippen molar-refractivity contribution in [1.29, 1.82) is 0 Å². The van der Waals surface area contributed by atoms with Crippen LogP contribution in [-0.2, 0) is 4.79 Å². The number of hydrogen-bond acceptors (Lipinski definition) is 1. The minimum Gasteiger partial charge on any atom is -0.343 e. The van der Waals surface area contributed by atoms with E-state index in [1.807, 2.05) is 4.90 Å². The summed E-state index contributed by atoms with van der Waals surface area (Å²) in [6, 6.07) is 0. The van der Waals surface area contributed by atoms with Crippen molar-refractivity contribution in [2.75, 3.05) is 13.1 Å². The Morgan fingerprint density at radius 3 is 2.27 bits per heavy atom. The van der Waals surface area contributed by atoms with Gasteiger partial charge in [0.25, 0.3) is 0 Å². The van der Waals surface area contributed by atoms with E-state index < -0.39 is 0 Å². The first-order valence-electron chi connectivity index (χ1n) is 6.39. The number of unbranched alkanes of at least 4 members (excludes halogenated alkanes) is 1. The topological polar surface area (TPSA) is 20.3 Å². The SMILES string of the molecule is CCCCN(CCC)C(=O)CCC(C)C. The summed E-state index contributed by atoms with van der Waals surface area (Å²) in [7, 11) is 0. The number of rotatable bonds is 8. The summed E-state index contributed by atoms with van der Waals surface area (Å²) in [5, 5.41) is 0. The normalized spacial score (nSPS) is 10.7. The summed E-state index contributed by atoms with van der Waals surface area (Å²) in [5.74, 6) is 0.975. The van der Waals surface area contributed by atoms with Crippen molar-refractivity contribution >= 4 is 5.91 Å². The Hall–Kier alpha value is -0.530. The molecule has 0 aromatic heterocycles. The average molecular weight is 213 g/mol. The summed E-state index contributed by atoms with van der Waals surface area (Å²) in [4.78, 5) is 13.9. The molecule has 0 fully saturated rings. The van der Waals surface area contributed by atoms with Crippen LogP contribution < -0.4 is 0 Å². The van der Waals surface area contributed by atoms with Crippen LogP contribution in [0.2, 0.25) is 0 Å². The molecular formula is C13H27NO. The van der Waals surface area contributed by atoms with E-state index in [9.17, 15) is 4.79 Å². The fraction of sp³-hybridized carbons (Fsp3) is 0.923. The highest BCUT2D eigenvalue weighted by molar-refractivity contribution is 5.76. The third-order valence-electron chi connectivity index (χ3n) is 2.56. The monoisotopic (exact) mass is 213 g/mol. The molecular weight excluding hydrogens is 186 g/mol. The molecule has 2 nitrogen and oxygen atoms in total. The van der Waals surface area contributed by atoms with Crippen LogP contribution in [0.5, 0.6) is 0 Å². The van der Waals surface area contributed by atoms with Gasteiger partial charge in [-0.15, -0.1) is 0 Å². The van der Waals surface area contributed by atoms with E-state index >= 15 is 0 Å². The standard InChI is InChI=1S/C13H27NO/c1-5-7-11-14(10-6-2)13(15)9-8-12(3)4/h12H,5-11H2,1-4H3. The second-order valence-corrected chi connectivity index (χ2v) is 4.67. The highest BCUT2D eigenvalue weighted by Crippen LogP contribution is 2.07. The Bertz CT molecular complexity index is 166. The zero-order valence-electron chi connectivity index (χ0n) is 10.9. The molecule has 90 valence electrons. The first kappa shape index (κ1) is 14.5. The van der Waals surface area contributed by atoms with Gasteiger partial charge in [-0.1, -0.05) is 34.1 Å². The molecule has 0 N–H and O–H groups in total. The van der Waals surface area contributed by atoms with Gasteiger partial charge in [0.05, 0.1) is 0 Å². The molecule has 1 amide bonds. The first-order chi connectivity index (χ1) is 7.11. The first-order valence-corrected chi connectivity index (χ1v) is 6.39. The van der Waals surface area contributed by atoms with Crippen molar-refractivity contribution in [2.24, 2.45) is 5.92 Å². The van der Waals surface area contributed by atoms with Crippen LogP contribution in [0, 0.1) is 5.92 Å². The van der Waals surface area contributed by atoms with Gasteiger partial charge in [-0.2, -0.15) is 0 Å². The molecule has 0 aromatic rings. The van der Waals surface area contributed by atoms with Gasteiger partial charge in [0, 0.05) is 19.5 Å². The van der Waals surface area contributed by atoms with E-state index in [4.69, 9.17) is 0 Å². The van der Waals surface area contributed by atoms with E-state index in [0.717, 1.165) is 45.2 Å². The predicted molar refractivity (Wildman–Crippen MR) is 65.9 cm³/mol. The predicted octanol–water partition coefficient (Wildman–Crippen LogP) is 3.46. The number of carbonyl (C=O) groups is 1. The van der Waals surface area contributed by atoms with Crippen LogP contribution >= 0.6 is 0 Å². The lowest BCUT2D eigenvalue weighted by Gasteiger charge is -2.22. The van der Waals surface area contributed by atoms with E-state index in [1.54, 1.807) is 0 Å². The van der Waals surface area contributed by atoms with E-state index in [0.29, 0.717) is 11.8 Å². The highest BCUT2D eigenvalue weighted by atomic mass is 16.2. The lowest BCUT2D eigenvalue weighted by molar-refractivity contribution is -0.131. The molecule has 0 aliphatic rings. The third-order valence-corrected chi connectivity index (χ3v) is 2.56. The number of amides is 1. The van der Waals surface area contributed by atoms with Crippen LogP contribution in [0.15, 0.2) is 0 Å². The van der Waals surface area contributed by atoms with E-state index in [2.05, 4.69) is 27.7 Å². The summed E-state index contributed by atoms with van der Waals surface area (Å²) in [6.07, 6.45) is 5.11. The molecule has 0 radical (unpaired) electrons. The van der Waals surface area contributed by atoms with Crippen molar-refractivity contribution in [3.63, 3.8) is 0 Å². The Labute approximate surface area is 95.0 Å². The van der Waals surface area contributed by atoms with Crippen molar-refractivity contribution in [3.05, 3.63) is 0 Å². The molecule has 0 aromatic carbocycles. The highest BCUT2D eigenvalue weighted by Gasteiger charge is 2.11. The number of nitrogens with zero attached hydrogens (tertiary/aromatic N) is 1. The Balaban J connectivity index is 3.92. The van der Waals surface area contributed by atoms with Crippen molar-refractivity contribution < 1.29 is 4.79 Å².